The van der Waals surface area contributed by atoms with Crippen molar-refractivity contribution in [2.45, 2.75) is 25.7 Å². The molecule has 0 aromatic heterocycles. The number of hydrogen-bond acceptors (Lipinski definition) is 1. The van der Waals surface area contributed by atoms with Gasteiger partial charge in [-0.3, -0.25) is 0 Å². The molecule has 1 nitrogen and oxygen atoms in total. The van der Waals surface area contributed by atoms with Gasteiger partial charge in [-0.05, 0) is 43.1 Å². The van der Waals surface area contributed by atoms with Gasteiger partial charge in [0.15, 0.2) is 5.82 Å². The average molecular weight is 272 g/mol. The third-order valence-electron chi connectivity index (χ3n) is 4.43. The Bertz CT molecular complexity index is 440. The first-order chi connectivity index (χ1) is 8.63. The Hall–Kier alpha value is -0.830. The molecule has 0 spiro atoms. The highest BCUT2D eigenvalue weighted by atomic mass is 35.5. The molecule has 0 saturated heterocycles. The molecule has 98 valence electrons. The Morgan fingerprint density at radius 2 is 2.06 bits per heavy atom. The fourth-order valence-corrected chi connectivity index (χ4v) is 3.83. The molecule has 1 aromatic carbocycles. The lowest BCUT2D eigenvalue weighted by Gasteiger charge is -2.22. The average Bonchev–Trinajstić information content (AvgIpc) is 2.89. The first kappa shape index (κ1) is 12.2. The minimum Gasteiger partial charge on any atom is -0.381 e. The van der Waals surface area contributed by atoms with Crippen molar-refractivity contribution in [3.8, 4) is 0 Å². The predicted octanol–water partition coefficient (Wildman–Crippen LogP) is 4.47. The monoisotopic (exact) mass is 271 g/mol. The quantitative estimate of drug-likeness (QED) is 0.855. The molecule has 2 saturated carbocycles. The van der Waals surface area contributed by atoms with Gasteiger partial charge >= 0.3 is 0 Å². The van der Waals surface area contributed by atoms with E-state index >= 15 is 0 Å². The molecule has 2 aliphatic carbocycles. The number of nitrogens with one attached hydrogen (secondary N) is 1. The van der Waals surface area contributed by atoms with Crippen LogP contribution in [0.1, 0.15) is 25.7 Å². The molecule has 3 rings (SSSR count). The minimum absolute atomic E-state index is 0.121. The highest BCUT2D eigenvalue weighted by Crippen LogP contribution is 2.48. The number of anilines is 1. The summed E-state index contributed by atoms with van der Waals surface area (Å²) in [5.74, 6) is 1.02. The van der Waals surface area contributed by atoms with Gasteiger partial charge in [0.1, 0.15) is 5.82 Å². The molecule has 3 atom stereocenters. The molecule has 1 N–H and O–H groups in total. The van der Waals surface area contributed by atoms with Crippen molar-refractivity contribution in [2.24, 2.45) is 17.8 Å². The van der Waals surface area contributed by atoms with E-state index < -0.39 is 11.6 Å². The standard InChI is InChI=1S/C14H16ClF2N/c15-12-5-11(16)6-13(17)14(12)18-7-10-4-8-1-2-9(10)3-8/h5-6,8-10,18H,1-4,7H2. The Morgan fingerprint density at radius 1 is 1.22 bits per heavy atom. The van der Waals surface area contributed by atoms with Crippen LogP contribution in [0.5, 0.6) is 0 Å². The van der Waals surface area contributed by atoms with Crippen molar-refractivity contribution >= 4 is 17.3 Å². The molecule has 0 radical (unpaired) electrons. The molecule has 0 amide bonds. The van der Waals surface area contributed by atoms with Gasteiger partial charge in [0.25, 0.3) is 0 Å². The number of fused-ring (bicyclic) bond motifs is 2. The molecule has 0 aliphatic heterocycles. The van der Waals surface area contributed by atoms with Crippen LogP contribution in [0.3, 0.4) is 0 Å². The van der Waals surface area contributed by atoms with Crippen molar-refractivity contribution in [1.29, 1.82) is 0 Å². The van der Waals surface area contributed by atoms with Crippen LogP contribution in [0.15, 0.2) is 12.1 Å². The summed E-state index contributed by atoms with van der Waals surface area (Å²) in [7, 11) is 0. The van der Waals surface area contributed by atoms with Gasteiger partial charge in [0.2, 0.25) is 0 Å². The summed E-state index contributed by atoms with van der Waals surface area (Å²) in [5, 5.41) is 3.18. The maximum Gasteiger partial charge on any atom is 0.150 e. The van der Waals surface area contributed by atoms with Crippen LogP contribution in [0.2, 0.25) is 5.02 Å². The summed E-state index contributed by atoms with van der Waals surface area (Å²) in [4.78, 5) is 0. The highest BCUT2D eigenvalue weighted by molar-refractivity contribution is 6.33. The SMILES string of the molecule is Fc1cc(F)c(NCC2CC3CCC2C3)c(Cl)c1. The predicted molar refractivity (Wildman–Crippen MR) is 68.8 cm³/mol. The fraction of sp³-hybridized carbons (Fsp3) is 0.571. The highest BCUT2D eigenvalue weighted by Gasteiger charge is 2.39. The van der Waals surface area contributed by atoms with Gasteiger partial charge in [0.05, 0.1) is 10.7 Å². The largest absolute Gasteiger partial charge is 0.381 e. The molecule has 2 fully saturated rings. The first-order valence-electron chi connectivity index (χ1n) is 6.52. The molecule has 0 heterocycles. The maximum atomic E-state index is 13.6. The van der Waals surface area contributed by atoms with Gasteiger partial charge in [-0.25, -0.2) is 8.78 Å². The zero-order valence-corrected chi connectivity index (χ0v) is 10.8. The van der Waals surface area contributed by atoms with Crippen molar-refractivity contribution in [2.75, 3.05) is 11.9 Å². The van der Waals surface area contributed by atoms with E-state index in [9.17, 15) is 8.78 Å². The topological polar surface area (TPSA) is 12.0 Å². The molecular formula is C14H16ClF2N. The van der Waals surface area contributed by atoms with E-state index in [-0.39, 0.29) is 10.7 Å². The van der Waals surface area contributed by atoms with Gasteiger partial charge in [-0.2, -0.15) is 0 Å². The summed E-state index contributed by atoms with van der Waals surface area (Å²) in [6.45, 7) is 0.740. The second-order valence-electron chi connectivity index (χ2n) is 5.56. The summed E-state index contributed by atoms with van der Waals surface area (Å²) in [5.41, 5.74) is 0.237. The summed E-state index contributed by atoms with van der Waals surface area (Å²) in [6.07, 6.45) is 5.22. The third kappa shape index (κ3) is 2.20. The van der Waals surface area contributed by atoms with Crippen molar-refractivity contribution in [1.82, 2.24) is 0 Å². The van der Waals surface area contributed by atoms with E-state index in [1.165, 1.54) is 25.7 Å². The summed E-state index contributed by atoms with van der Waals surface area (Å²) in [6, 6.07) is 2.02. The van der Waals surface area contributed by atoms with Gasteiger partial charge < -0.3 is 5.32 Å². The van der Waals surface area contributed by atoms with E-state index in [1.807, 2.05) is 0 Å². The molecule has 1 aromatic rings. The Labute approximate surface area is 111 Å². The third-order valence-corrected chi connectivity index (χ3v) is 4.73. The molecule has 4 heteroatoms. The van der Waals surface area contributed by atoms with Crippen LogP contribution < -0.4 is 5.32 Å². The van der Waals surface area contributed by atoms with Gasteiger partial charge in [-0.15, -0.1) is 0 Å². The van der Waals surface area contributed by atoms with Crippen LogP contribution in [0.4, 0.5) is 14.5 Å². The maximum absolute atomic E-state index is 13.6. The zero-order chi connectivity index (χ0) is 12.7. The van der Waals surface area contributed by atoms with E-state index in [0.717, 1.165) is 30.5 Å². The zero-order valence-electron chi connectivity index (χ0n) is 10.1. The normalized spacial score (nSPS) is 29.8. The molecule has 18 heavy (non-hydrogen) atoms. The number of hydrogen-bond donors (Lipinski definition) is 1. The van der Waals surface area contributed by atoms with E-state index in [1.54, 1.807) is 0 Å². The fourth-order valence-electron chi connectivity index (χ4n) is 3.57. The molecule has 3 unspecified atom stereocenters. The smallest absolute Gasteiger partial charge is 0.150 e. The lowest BCUT2D eigenvalue weighted by atomic mass is 9.89. The Balaban J connectivity index is 1.67. The second-order valence-corrected chi connectivity index (χ2v) is 5.97. The van der Waals surface area contributed by atoms with Crippen LogP contribution in [0.25, 0.3) is 0 Å². The molecular weight excluding hydrogens is 256 g/mol. The van der Waals surface area contributed by atoms with Crippen molar-refractivity contribution in [3.05, 3.63) is 28.8 Å². The number of halogens is 3. The van der Waals surface area contributed by atoms with E-state index in [4.69, 9.17) is 11.6 Å². The lowest BCUT2D eigenvalue weighted by molar-refractivity contribution is 0.348. The van der Waals surface area contributed by atoms with Crippen LogP contribution in [-0.4, -0.2) is 6.54 Å². The number of rotatable bonds is 3. The van der Waals surface area contributed by atoms with Crippen LogP contribution >= 0.6 is 11.6 Å². The lowest BCUT2D eigenvalue weighted by Crippen LogP contribution is -2.20. The number of benzene rings is 1. The van der Waals surface area contributed by atoms with Gasteiger partial charge in [-0.1, -0.05) is 18.0 Å². The summed E-state index contributed by atoms with van der Waals surface area (Å²) >= 11 is 5.86. The molecule has 2 aliphatic rings. The van der Waals surface area contributed by atoms with Crippen LogP contribution in [-0.2, 0) is 0 Å². The van der Waals surface area contributed by atoms with E-state index in [2.05, 4.69) is 5.32 Å². The van der Waals surface area contributed by atoms with Crippen LogP contribution in [0, 0.1) is 29.4 Å². The first-order valence-corrected chi connectivity index (χ1v) is 6.89. The van der Waals surface area contributed by atoms with Gasteiger partial charge in [0, 0.05) is 12.6 Å². The summed E-state index contributed by atoms with van der Waals surface area (Å²) < 4.78 is 26.5. The minimum atomic E-state index is -0.636. The molecule has 2 bridgehead atoms. The van der Waals surface area contributed by atoms with Crippen molar-refractivity contribution in [3.63, 3.8) is 0 Å². The van der Waals surface area contributed by atoms with Crippen molar-refractivity contribution < 1.29 is 8.78 Å². The van der Waals surface area contributed by atoms with E-state index in [0.29, 0.717) is 5.92 Å². The Kier molecular flexibility index (Phi) is 3.18. The second kappa shape index (κ2) is 4.69. The Morgan fingerprint density at radius 3 is 2.67 bits per heavy atom.